The van der Waals surface area contributed by atoms with Gasteiger partial charge in [-0.1, -0.05) is 32.9 Å². The number of carbonyl (C=O) groups is 2. The van der Waals surface area contributed by atoms with Crippen molar-refractivity contribution in [3.8, 4) is 0 Å². The van der Waals surface area contributed by atoms with Crippen LogP contribution in [-0.2, 0) is 9.59 Å². The monoisotopic (exact) mass is 346 g/mol. The van der Waals surface area contributed by atoms with E-state index in [9.17, 15) is 24.9 Å². The Hall–Kier alpha value is -1.30. The van der Waals surface area contributed by atoms with Gasteiger partial charge in [-0.25, -0.2) is 0 Å². The first-order chi connectivity index (χ1) is 11.5. The summed E-state index contributed by atoms with van der Waals surface area (Å²) in [6.07, 6.45) is 3.54. The summed E-state index contributed by atoms with van der Waals surface area (Å²) < 4.78 is 0. The molecule has 4 aliphatic carbocycles. The SMILES string of the molecule is CC1=C[C@H]2[C@@]3(O)[C@H](C)[C@H]4C(=O)C(C)(C)[C@H]4[C@@H]3C=C(CO)C[C@]2(O)C1=O. The van der Waals surface area contributed by atoms with Gasteiger partial charge in [0.25, 0.3) is 0 Å². The number of hydrogen-bond donors (Lipinski definition) is 3. The van der Waals surface area contributed by atoms with Crippen LogP contribution in [0.15, 0.2) is 23.3 Å². The summed E-state index contributed by atoms with van der Waals surface area (Å²) in [6, 6.07) is 0. The second kappa shape index (κ2) is 4.70. The topological polar surface area (TPSA) is 94.8 Å². The summed E-state index contributed by atoms with van der Waals surface area (Å²) >= 11 is 0. The molecule has 2 fully saturated rings. The van der Waals surface area contributed by atoms with Crippen LogP contribution < -0.4 is 0 Å². The third kappa shape index (κ3) is 1.70. The number of aliphatic hydroxyl groups is 3. The average Bonchev–Trinajstić information content (AvgIpc) is 2.87. The van der Waals surface area contributed by atoms with Crippen LogP contribution in [0.4, 0.5) is 0 Å². The van der Waals surface area contributed by atoms with Gasteiger partial charge in [-0.2, -0.15) is 0 Å². The highest BCUT2D eigenvalue weighted by molar-refractivity contribution is 6.05. The molecule has 0 aliphatic heterocycles. The molecule has 0 heterocycles. The van der Waals surface area contributed by atoms with E-state index in [-0.39, 0.29) is 48.3 Å². The molecule has 0 aromatic rings. The van der Waals surface area contributed by atoms with Gasteiger partial charge < -0.3 is 15.3 Å². The van der Waals surface area contributed by atoms with E-state index < -0.39 is 22.5 Å². The third-order valence-corrected chi connectivity index (χ3v) is 7.64. The minimum absolute atomic E-state index is 0.0259. The van der Waals surface area contributed by atoms with E-state index >= 15 is 0 Å². The highest BCUT2D eigenvalue weighted by Gasteiger charge is 2.75. The van der Waals surface area contributed by atoms with Gasteiger partial charge in [0, 0.05) is 29.6 Å². The van der Waals surface area contributed by atoms with E-state index in [0.29, 0.717) is 11.1 Å². The van der Waals surface area contributed by atoms with Crippen molar-refractivity contribution in [1.29, 1.82) is 0 Å². The van der Waals surface area contributed by atoms with Crippen LogP contribution in [0, 0.1) is 35.0 Å². The number of fused-ring (bicyclic) bond motifs is 5. The van der Waals surface area contributed by atoms with Crippen LogP contribution in [0.2, 0.25) is 0 Å². The second-order valence-electron chi connectivity index (χ2n) is 9.08. The maximum absolute atomic E-state index is 12.7. The molecule has 2 saturated carbocycles. The Morgan fingerprint density at radius 1 is 1.20 bits per heavy atom. The van der Waals surface area contributed by atoms with E-state index in [0.717, 1.165) is 0 Å². The first-order valence-electron chi connectivity index (χ1n) is 9.04. The Morgan fingerprint density at radius 3 is 2.44 bits per heavy atom. The van der Waals surface area contributed by atoms with E-state index in [1.165, 1.54) is 0 Å². The summed E-state index contributed by atoms with van der Waals surface area (Å²) in [5, 5.41) is 32.9. The molecule has 0 amide bonds. The Balaban J connectivity index is 1.94. The summed E-state index contributed by atoms with van der Waals surface area (Å²) in [7, 11) is 0. The highest BCUT2D eigenvalue weighted by atomic mass is 16.3. The van der Waals surface area contributed by atoms with Crippen molar-refractivity contribution in [2.75, 3.05) is 6.61 Å². The van der Waals surface area contributed by atoms with Gasteiger partial charge in [0.05, 0.1) is 12.2 Å². The fourth-order valence-electron chi connectivity index (χ4n) is 6.35. The van der Waals surface area contributed by atoms with Crippen LogP contribution >= 0.6 is 0 Å². The minimum Gasteiger partial charge on any atom is -0.392 e. The van der Waals surface area contributed by atoms with Crippen LogP contribution in [0.3, 0.4) is 0 Å². The smallest absolute Gasteiger partial charge is 0.190 e. The second-order valence-corrected chi connectivity index (χ2v) is 9.08. The zero-order valence-electron chi connectivity index (χ0n) is 15.1. The van der Waals surface area contributed by atoms with Crippen LogP contribution in [0.1, 0.15) is 34.1 Å². The standard InChI is InChI=1S/C20H26O5/c1-9-5-13-19(24,16(9)22)7-11(8-21)6-12-15-14(10(2)20(12,13)25)17(23)18(15,3)4/h5-6,10,12-15,21,24-25H,7-8H2,1-4H3/t10-,12+,13-,14-,15+,19-,20-/m1/s1. The Labute approximate surface area is 147 Å². The van der Waals surface area contributed by atoms with Crippen LogP contribution in [0.5, 0.6) is 0 Å². The molecule has 0 unspecified atom stereocenters. The Morgan fingerprint density at radius 2 is 1.84 bits per heavy atom. The zero-order valence-corrected chi connectivity index (χ0v) is 15.1. The molecule has 4 aliphatic rings. The molecule has 3 N–H and O–H groups in total. The van der Waals surface area contributed by atoms with Crippen molar-refractivity contribution < 1.29 is 24.9 Å². The third-order valence-electron chi connectivity index (χ3n) is 7.64. The quantitative estimate of drug-likeness (QED) is 0.616. The molecule has 0 saturated heterocycles. The number of carbonyl (C=O) groups excluding carboxylic acids is 2. The van der Waals surface area contributed by atoms with Crippen LogP contribution in [0.25, 0.3) is 0 Å². The lowest BCUT2D eigenvalue weighted by Gasteiger charge is -2.49. The molecule has 136 valence electrons. The predicted molar refractivity (Wildman–Crippen MR) is 90.4 cm³/mol. The molecule has 5 heteroatoms. The molecule has 7 atom stereocenters. The summed E-state index contributed by atoms with van der Waals surface area (Å²) in [5.41, 5.74) is -2.66. The normalized spacial score (nSPS) is 50.3. The lowest BCUT2D eigenvalue weighted by Crippen LogP contribution is -2.55. The van der Waals surface area contributed by atoms with Crippen molar-refractivity contribution in [3.63, 3.8) is 0 Å². The Kier molecular flexibility index (Phi) is 3.22. The number of hydrogen-bond acceptors (Lipinski definition) is 5. The molecule has 5 nitrogen and oxygen atoms in total. The Bertz CT molecular complexity index is 747. The average molecular weight is 346 g/mol. The first-order valence-corrected chi connectivity index (χ1v) is 9.04. The van der Waals surface area contributed by atoms with Gasteiger partial charge in [0.1, 0.15) is 11.4 Å². The van der Waals surface area contributed by atoms with Gasteiger partial charge in [0.2, 0.25) is 0 Å². The van der Waals surface area contributed by atoms with Crippen molar-refractivity contribution in [2.24, 2.45) is 35.0 Å². The van der Waals surface area contributed by atoms with Crippen molar-refractivity contribution in [3.05, 3.63) is 23.3 Å². The molecular formula is C20H26O5. The van der Waals surface area contributed by atoms with E-state index in [1.807, 2.05) is 26.8 Å². The molecule has 0 aromatic heterocycles. The van der Waals surface area contributed by atoms with Crippen molar-refractivity contribution in [1.82, 2.24) is 0 Å². The molecule has 0 aromatic carbocycles. The number of aliphatic hydroxyl groups excluding tert-OH is 1. The number of rotatable bonds is 1. The maximum Gasteiger partial charge on any atom is 0.190 e. The van der Waals surface area contributed by atoms with Gasteiger partial charge >= 0.3 is 0 Å². The van der Waals surface area contributed by atoms with Gasteiger partial charge in [-0.15, -0.1) is 0 Å². The summed E-state index contributed by atoms with van der Waals surface area (Å²) in [6.45, 7) is 7.04. The minimum atomic E-state index is -1.74. The first kappa shape index (κ1) is 17.1. The zero-order chi connectivity index (χ0) is 18.5. The predicted octanol–water partition coefficient (Wildman–Crippen LogP) is 1.02. The van der Waals surface area contributed by atoms with E-state index in [1.54, 1.807) is 13.0 Å². The number of Topliss-reactive ketones (excluding diaryl/α,β-unsaturated/α-hetero) is 2. The largest absolute Gasteiger partial charge is 0.392 e. The van der Waals surface area contributed by atoms with E-state index in [4.69, 9.17) is 0 Å². The molecule has 0 bridgehead atoms. The fraction of sp³-hybridized carbons (Fsp3) is 0.700. The van der Waals surface area contributed by atoms with Gasteiger partial charge in [0.15, 0.2) is 5.78 Å². The molecule has 25 heavy (non-hydrogen) atoms. The molecule has 0 radical (unpaired) electrons. The molecule has 4 rings (SSSR count). The van der Waals surface area contributed by atoms with Crippen molar-refractivity contribution >= 4 is 11.6 Å². The highest BCUT2D eigenvalue weighted by Crippen LogP contribution is 2.68. The molecule has 0 spiro atoms. The maximum atomic E-state index is 12.7. The summed E-state index contributed by atoms with van der Waals surface area (Å²) in [5.74, 6) is -2.05. The lowest BCUT2D eigenvalue weighted by molar-refractivity contribution is -0.155. The van der Waals surface area contributed by atoms with Crippen molar-refractivity contribution in [2.45, 2.75) is 45.3 Å². The summed E-state index contributed by atoms with van der Waals surface area (Å²) in [4.78, 5) is 25.4. The molecular weight excluding hydrogens is 320 g/mol. The number of ketones is 2. The van der Waals surface area contributed by atoms with Gasteiger partial charge in [-0.3, -0.25) is 9.59 Å². The fourth-order valence-corrected chi connectivity index (χ4v) is 6.35. The van der Waals surface area contributed by atoms with Crippen LogP contribution in [-0.4, -0.2) is 44.7 Å². The van der Waals surface area contributed by atoms with Gasteiger partial charge in [-0.05, 0) is 29.9 Å². The lowest BCUT2D eigenvalue weighted by atomic mass is 9.52. The van der Waals surface area contributed by atoms with E-state index in [2.05, 4.69) is 0 Å².